The first-order valence-corrected chi connectivity index (χ1v) is 5.62. The maximum absolute atomic E-state index is 11.3. The summed E-state index contributed by atoms with van der Waals surface area (Å²) in [5.74, 6) is -0.0697. The highest BCUT2D eigenvalue weighted by Crippen LogP contribution is 2.26. The van der Waals surface area contributed by atoms with Gasteiger partial charge in [-0.25, -0.2) is 0 Å². The molecule has 3 heteroatoms. The average molecular weight is 216 g/mol. The Morgan fingerprint density at radius 1 is 1.33 bits per heavy atom. The number of hydrogen-bond donors (Lipinski definition) is 1. The van der Waals surface area contributed by atoms with Crippen LogP contribution < -0.4 is 0 Å². The van der Waals surface area contributed by atoms with Gasteiger partial charge in [-0.3, -0.25) is 4.79 Å². The second-order valence-electron chi connectivity index (χ2n) is 4.99. The quantitative estimate of drug-likeness (QED) is 0.718. The molecular weight excluding hydrogens is 192 g/mol. The van der Waals surface area contributed by atoms with Crippen molar-refractivity contribution >= 4 is 5.97 Å². The molecule has 2 unspecified atom stereocenters. The van der Waals surface area contributed by atoms with Gasteiger partial charge in [0, 0.05) is 12.3 Å². The van der Waals surface area contributed by atoms with Gasteiger partial charge < -0.3 is 9.84 Å². The van der Waals surface area contributed by atoms with Gasteiger partial charge in [0.1, 0.15) is 6.10 Å². The van der Waals surface area contributed by atoms with Crippen LogP contribution in [0.3, 0.4) is 0 Å². The van der Waals surface area contributed by atoms with E-state index >= 15 is 0 Å². The molecule has 0 fully saturated rings. The monoisotopic (exact) mass is 216 g/mol. The minimum atomic E-state index is -0.830. The maximum atomic E-state index is 11.3. The van der Waals surface area contributed by atoms with Crippen LogP contribution >= 0.6 is 0 Å². The zero-order valence-corrected chi connectivity index (χ0v) is 10.7. The molecule has 0 radical (unpaired) electrons. The Balaban J connectivity index is 4.60. The van der Waals surface area contributed by atoms with E-state index in [0.29, 0.717) is 6.42 Å². The third-order valence-corrected chi connectivity index (χ3v) is 2.82. The fourth-order valence-electron chi connectivity index (χ4n) is 1.45. The van der Waals surface area contributed by atoms with E-state index in [2.05, 4.69) is 0 Å². The highest BCUT2D eigenvalue weighted by atomic mass is 16.5. The molecule has 0 heterocycles. The van der Waals surface area contributed by atoms with Crippen LogP contribution in [0.25, 0.3) is 0 Å². The lowest BCUT2D eigenvalue weighted by Gasteiger charge is -2.35. The minimum absolute atomic E-state index is 0.0759. The van der Waals surface area contributed by atoms with Crippen molar-refractivity contribution in [3.63, 3.8) is 0 Å². The Labute approximate surface area is 92.8 Å². The third-order valence-electron chi connectivity index (χ3n) is 2.82. The van der Waals surface area contributed by atoms with E-state index in [-0.39, 0.29) is 23.9 Å². The second-order valence-corrected chi connectivity index (χ2v) is 4.99. The number of carbonyl (C=O) groups is 1. The van der Waals surface area contributed by atoms with Crippen molar-refractivity contribution in [1.82, 2.24) is 0 Å². The van der Waals surface area contributed by atoms with E-state index < -0.39 is 5.60 Å². The second kappa shape index (κ2) is 5.50. The molecule has 0 aromatic carbocycles. The normalized spacial score (nSPS) is 16.3. The topological polar surface area (TPSA) is 46.5 Å². The third kappa shape index (κ3) is 4.65. The summed E-state index contributed by atoms with van der Waals surface area (Å²) in [6.07, 6.45) is 0.152. The van der Waals surface area contributed by atoms with E-state index in [4.69, 9.17) is 4.74 Å². The van der Waals surface area contributed by atoms with E-state index in [9.17, 15) is 9.90 Å². The standard InChI is InChI=1S/C12H24O3/c1-7-10(13)15-11(8(2)3)9(4)12(5,6)14/h8-9,11,14H,7H2,1-6H3. The highest BCUT2D eigenvalue weighted by Gasteiger charge is 2.34. The van der Waals surface area contributed by atoms with Gasteiger partial charge in [0.05, 0.1) is 5.60 Å². The van der Waals surface area contributed by atoms with Gasteiger partial charge >= 0.3 is 5.97 Å². The summed E-state index contributed by atoms with van der Waals surface area (Å²) in [6, 6.07) is 0. The number of rotatable bonds is 5. The molecule has 15 heavy (non-hydrogen) atoms. The van der Waals surface area contributed by atoms with Crippen LogP contribution in [0.4, 0.5) is 0 Å². The number of carbonyl (C=O) groups excluding carboxylic acids is 1. The molecule has 3 nitrogen and oxygen atoms in total. The Hall–Kier alpha value is -0.570. The summed E-state index contributed by atoms with van der Waals surface area (Å²) in [6.45, 7) is 11.2. The average Bonchev–Trinajstić information content (AvgIpc) is 2.10. The molecule has 0 saturated heterocycles. The molecule has 0 aliphatic carbocycles. The summed E-state index contributed by atoms with van der Waals surface area (Å²) >= 11 is 0. The molecule has 0 aromatic heterocycles. The Morgan fingerprint density at radius 2 is 1.80 bits per heavy atom. The zero-order chi connectivity index (χ0) is 12.2. The molecule has 2 atom stereocenters. The summed E-state index contributed by atoms with van der Waals surface area (Å²) < 4.78 is 5.35. The lowest BCUT2D eigenvalue weighted by atomic mass is 9.83. The summed E-state index contributed by atoms with van der Waals surface area (Å²) in [5, 5.41) is 9.90. The van der Waals surface area contributed by atoms with Crippen molar-refractivity contribution < 1.29 is 14.6 Å². The molecule has 0 bridgehead atoms. The van der Waals surface area contributed by atoms with E-state index in [0.717, 1.165) is 0 Å². The molecule has 0 aliphatic heterocycles. The van der Waals surface area contributed by atoms with Crippen molar-refractivity contribution in [2.45, 2.75) is 59.7 Å². The summed E-state index contributed by atoms with van der Waals surface area (Å²) in [5.41, 5.74) is -0.830. The van der Waals surface area contributed by atoms with Gasteiger partial charge in [0.2, 0.25) is 0 Å². The molecule has 1 N–H and O–H groups in total. The highest BCUT2D eigenvalue weighted by molar-refractivity contribution is 5.69. The van der Waals surface area contributed by atoms with Crippen LogP contribution in [0.1, 0.15) is 48.0 Å². The smallest absolute Gasteiger partial charge is 0.305 e. The van der Waals surface area contributed by atoms with Gasteiger partial charge in [-0.15, -0.1) is 0 Å². The maximum Gasteiger partial charge on any atom is 0.305 e. The minimum Gasteiger partial charge on any atom is -0.462 e. The van der Waals surface area contributed by atoms with Crippen LogP contribution in [0.2, 0.25) is 0 Å². The first-order valence-electron chi connectivity index (χ1n) is 5.62. The van der Waals surface area contributed by atoms with Crippen LogP contribution in [-0.2, 0) is 9.53 Å². The van der Waals surface area contributed by atoms with Crippen molar-refractivity contribution in [1.29, 1.82) is 0 Å². The fraction of sp³-hybridized carbons (Fsp3) is 0.917. The first-order chi connectivity index (χ1) is 6.70. The van der Waals surface area contributed by atoms with Gasteiger partial charge in [-0.1, -0.05) is 27.7 Å². The Morgan fingerprint density at radius 3 is 2.07 bits per heavy atom. The van der Waals surface area contributed by atoms with Crippen LogP contribution in [-0.4, -0.2) is 22.8 Å². The van der Waals surface area contributed by atoms with Crippen molar-refractivity contribution in [3.05, 3.63) is 0 Å². The molecule has 0 spiro atoms. The zero-order valence-electron chi connectivity index (χ0n) is 10.7. The van der Waals surface area contributed by atoms with Crippen LogP contribution in [0.5, 0.6) is 0 Å². The summed E-state index contributed by atoms with van der Waals surface area (Å²) in [7, 11) is 0. The lowest BCUT2D eigenvalue weighted by molar-refractivity contribution is -0.160. The lowest BCUT2D eigenvalue weighted by Crippen LogP contribution is -2.42. The molecule has 0 aromatic rings. The Bertz CT molecular complexity index is 203. The largest absolute Gasteiger partial charge is 0.462 e. The number of hydrogen-bond acceptors (Lipinski definition) is 3. The van der Waals surface area contributed by atoms with Gasteiger partial charge in [-0.2, -0.15) is 0 Å². The molecule has 0 aliphatic rings. The van der Waals surface area contributed by atoms with Crippen molar-refractivity contribution in [3.8, 4) is 0 Å². The van der Waals surface area contributed by atoms with Gasteiger partial charge in [0.25, 0.3) is 0 Å². The molecular formula is C12H24O3. The predicted octanol–water partition coefficient (Wildman–Crippen LogP) is 2.37. The van der Waals surface area contributed by atoms with E-state index in [1.165, 1.54) is 0 Å². The molecule has 0 amide bonds. The fourth-order valence-corrected chi connectivity index (χ4v) is 1.45. The molecule has 90 valence electrons. The molecule has 0 saturated carbocycles. The van der Waals surface area contributed by atoms with E-state index in [1.54, 1.807) is 20.8 Å². The van der Waals surface area contributed by atoms with Crippen molar-refractivity contribution in [2.75, 3.05) is 0 Å². The van der Waals surface area contributed by atoms with Crippen molar-refractivity contribution in [2.24, 2.45) is 11.8 Å². The van der Waals surface area contributed by atoms with Crippen LogP contribution in [0.15, 0.2) is 0 Å². The first kappa shape index (κ1) is 14.4. The summed E-state index contributed by atoms with van der Waals surface area (Å²) in [4.78, 5) is 11.3. The van der Waals surface area contributed by atoms with Crippen LogP contribution in [0, 0.1) is 11.8 Å². The van der Waals surface area contributed by atoms with Gasteiger partial charge in [0.15, 0.2) is 0 Å². The van der Waals surface area contributed by atoms with E-state index in [1.807, 2.05) is 20.8 Å². The number of ether oxygens (including phenoxy) is 1. The molecule has 0 rings (SSSR count). The Kier molecular flexibility index (Phi) is 5.29. The van der Waals surface area contributed by atoms with Gasteiger partial charge in [-0.05, 0) is 19.8 Å². The predicted molar refractivity (Wildman–Crippen MR) is 60.5 cm³/mol. The SMILES string of the molecule is CCC(=O)OC(C(C)C)C(C)C(C)(C)O. The number of aliphatic hydroxyl groups is 1. The number of esters is 1.